The molecule has 1 aliphatic rings. The van der Waals surface area contributed by atoms with Crippen LogP contribution >= 0.6 is 15.9 Å². The Labute approximate surface area is 188 Å². The Morgan fingerprint density at radius 3 is 2.65 bits per heavy atom. The first-order valence-electron chi connectivity index (χ1n) is 9.86. The van der Waals surface area contributed by atoms with Crippen molar-refractivity contribution < 1.29 is 17.4 Å². The van der Waals surface area contributed by atoms with Crippen LogP contribution in [0.15, 0.2) is 27.3 Å². The molecule has 1 aromatic heterocycles. The van der Waals surface area contributed by atoms with E-state index in [-0.39, 0.29) is 16.0 Å². The topological polar surface area (TPSA) is 159 Å². The quantitative estimate of drug-likeness (QED) is 0.252. The minimum absolute atomic E-state index is 0.0230. The Hall–Kier alpha value is -2.09. The molecule has 10 nitrogen and oxygen atoms in total. The lowest BCUT2D eigenvalue weighted by Crippen LogP contribution is -2.35. The Bertz CT molecular complexity index is 1010. The minimum Gasteiger partial charge on any atom is -0.365 e. The molecule has 1 fully saturated rings. The number of hydrogen-bond acceptors (Lipinski definition) is 7. The first-order valence-corrected chi connectivity index (χ1v) is 12.2. The van der Waals surface area contributed by atoms with Crippen LogP contribution in [0.4, 0.5) is 15.9 Å². The van der Waals surface area contributed by atoms with Crippen molar-refractivity contribution in [3.63, 3.8) is 0 Å². The SMILES string of the molecule is N=C(Nc1ccc(F)c(Br)c1)c1nonc1NCCC1CCC(CNS(N)(=O)=O)CC1. The summed E-state index contributed by atoms with van der Waals surface area (Å²) in [4.78, 5) is 0. The molecule has 31 heavy (non-hydrogen) atoms. The van der Waals surface area contributed by atoms with Crippen LogP contribution in [0.5, 0.6) is 0 Å². The third-order valence-electron chi connectivity index (χ3n) is 5.30. The molecular weight excluding hydrogens is 493 g/mol. The smallest absolute Gasteiger partial charge is 0.274 e. The van der Waals surface area contributed by atoms with Gasteiger partial charge in [-0.25, -0.2) is 18.9 Å². The molecule has 2 aromatic rings. The molecule has 0 aliphatic heterocycles. The summed E-state index contributed by atoms with van der Waals surface area (Å²) in [6, 6.07) is 4.34. The van der Waals surface area contributed by atoms with E-state index < -0.39 is 16.0 Å². The van der Waals surface area contributed by atoms with Gasteiger partial charge in [0.25, 0.3) is 10.2 Å². The van der Waals surface area contributed by atoms with E-state index in [0.717, 1.165) is 32.1 Å². The maximum Gasteiger partial charge on any atom is 0.274 e. The lowest BCUT2D eigenvalue weighted by Gasteiger charge is -2.28. The van der Waals surface area contributed by atoms with E-state index in [1.807, 2.05) is 0 Å². The third kappa shape index (κ3) is 7.23. The van der Waals surface area contributed by atoms with Gasteiger partial charge in [-0.15, -0.1) is 0 Å². The largest absolute Gasteiger partial charge is 0.365 e. The van der Waals surface area contributed by atoms with Gasteiger partial charge in [0.2, 0.25) is 5.82 Å². The van der Waals surface area contributed by atoms with Gasteiger partial charge in [-0.2, -0.15) is 8.42 Å². The predicted molar refractivity (Wildman–Crippen MR) is 119 cm³/mol. The molecule has 1 saturated carbocycles. The Morgan fingerprint density at radius 1 is 1.26 bits per heavy atom. The summed E-state index contributed by atoms with van der Waals surface area (Å²) in [7, 11) is -3.63. The second kappa shape index (κ2) is 10.5. The zero-order chi connectivity index (χ0) is 22.4. The number of nitrogens with two attached hydrogens (primary N) is 1. The summed E-state index contributed by atoms with van der Waals surface area (Å²) in [6.07, 6.45) is 4.84. The molecule has 0 radical (unpaired) electrons. The molecule has 0 amide bonds. The fourth-order valence-electron chi connectivity index (χ4n) is 3.60. The van der Waals surface area contributed by atoms with Crippen LogP contribution < -0.4 is 20.5 Å². The van der Waals surface area contributed by atoms with E-state index in [4.69, 9.17) is 15.2 Å². The molecule has 0 unspecified atom stereocenters. The van der Waals surface area contributed by atoms with Crippen molar-refractivity contribution in [3.8, 4) is 0 Å². The van der Waals surface area contributed by atoms with Gasteiger partial charge in [0, 0.05) is 18.8 Å². The van der Waals surface area contributed by atoms with Gasteiger partial charge in [0.15, 0.2) is 11.5 Å². The highest BCUT2D eigenvalue weighted by Gasteiger charge is 2.22. The van der Waals surface area contributed by atoms with Gasteiger partial charge >= 0.3 is 0 Å². The maximum atomic E-state index is 13.4. The standard InChI is InChI=1S/C18H25BrFN7O3S/c19-14-9-13(5-6-15(14)20)25-17(21)16-18(27-30-26-16)23-8-7-11-1-3-12(4-2-11)10-24-31(22,28)29/h5-6,9,11-12,24H,1-4,7-8,10H2,(H2,21,25)(H,23,27)(H2,22,28,29). The molecule has 1 heterocycles. The van der Waals surface area contributed by atoms with E-state index in [0.29, 0.717) is 36.4 Å². The lowest BCUT2D eigenvalue weighted by atomic mass is 9.80. The lowest BCUT2D eigenvalue weighted by molar-refractivity contribution is 0.267. The number of anilines is 2. The normalized spacial score (nSPS) is 19.2. The van der Waals surface area contributed by atoms with Crippen LogP contribution in [-0.4, -0.2) is 37.7 Å². The van der Waals surface area contributed by atoms with Crippen LogP contribution in [0.2, 0.25) is 0 Å². The number of halogens is 2. The van der Waals surface area contributed by atoms with Crippen LogP contribution in [-0.2, 0) is 10.2 Å². The average molecular weight is 518 g/mol. The molecule has 3 rings (SSSR count). The van der Waals surface area contributed by atoms with Crippen LogP contribution in [0, 0.1) is 23.1 Å². The second-order valence-corrected chi connectivity index (χ2v) is 9.82. The molecule has 13 heteroatoms. The predicted octanol–water partition coefficient (Wildman–Crippen LogP) is 2.81. The second-order valence-electron chi connectivity index (χ2n) is 7.59. The van der Waals surface area contributed by atoms with Crippen molar-refractivity contribution in [2.24, 2.45) is 17.0 Å². The molecule has 6 N–H and O–H groups in total. The van der Waals surface area contributed by atoms with Gasteiger partial charge in [0.1, 0.15) is 5.82 Å². The van der Waals surface area contributed by atoms with Crippen molar-refractivity contribution in [2.45, 2.75) is 32.1 Å². The summed E-state index contributed by atoms with van der Waals surface area (Å²) < 4.78 is 42.8. The summed E-state index contributed by atoms with van der Waals surface area (Å²) in [5, 5.41) is 26.8. The Morgan fingerprint density at radius 2 is 1.97 bits per heavy atom. The van der Waals surface area contributed by atoms with Crippen molar-refractivity contribution in [1.82, 2.24) is 15.0 Å². The zero-order valence-electron chi connectivity index (χ0n) is 16.7. The molecule has 0 bridgehead atoms. The number of aromatic nitrogens is 2. The van der Waals surface area contributed by atoms with Crippen LogP contribution in [0.1, 0.15) is 37.8 Å². The van der Waals surface area contributed by atoms with E-state index in [9.17, 15) is 12.8 Å². The zero-order valence-corrected chi connectivity index (χ0v) is 19.1. The molecule has 1 aromatic carbocycles. The fourth-order valence-corrected chi connectivity index (χ4v) is 4.45. The van der Waals surface area contributed by atoms with Gasteiger partial charge in [-0.05, 0) is 75.5 Å². The maximum absolute atomic E-state index is 13.4. The molecule has 0 spiro atoms. The van der Waals surface area contributed by atoms with Crippen molar-refractivity contribution >= 4 is 43.5 Å². The highest BCUT2D eigenvalue weighted by atomic mass is 79.9. The van der Waals surface area contributed by atoms with E-state index in [1.165, 1.54) is 18.2 Å². The molecule has 0 atom stereocenters. The Balaban J connectivity index is 1.44. The van der Waals surface area contributed by atoms with Gasteiger partial charge in [-0.3, -0.25) is 5.41 Å². The number of amidine groups is 1. The first-order chi connectivity index (χ1) is 14.7. The average Bonchev–Trinajstić information content (AvgIpc) is 3.18. The van der Waals surface area contributed by atoms with E-state index >= 15 is 0 Å². The van der Waals surface area contributed by atoms with Crippen LogP contribution in [0.3, 0.4) is 0 Å². The first kappa shape index (κ1) is 23.6. The fraction of sp³-hybridized carbons (Fsp3) is 0.500. The van der Waals surface area contributed by atoms with Crippen LogP contribution in [0.25, 0.3) is 0 Å². The number of nitrogens with zero attached hydrogens (tertiary/aromatic N) is 2. The number of rotatable bonds is 9. The molecule has 0 saturated heterocycles. The highest BCUT2D eigenvalue weighted by molar-refractivity contribution is 9.10. The van der Waals surface area contributed by atoms with Gasteiger partial charge in [0.05, 0.1) is 4.47 Å². The summed E-state index contributed by atoms with van der Waals surface area (Å²) >= 11 is 3.11. The van der Waals surface area contributed by atoms with E-state index in [1.54, 1.807) is 0 Å². The summed E-state index contributed by atoms with van der Waals surface area (Å²) in [6.45, 7) is 1.03. The molecule has 1 aliphatic carbocycles. The Kier molecular flexibility index (Phi) is 7.97. The van der Waals surface area contributed by atoms with Crippen molar-refractivity contribution in [2.75, 3.05) is 23.7 Å². The monoisotopic (exact) mass is 517 g/mol. The number of nitrogens with one attached hydrogen (secondary N) is 4. The highest BCUT2D eigenvalue weighted by Crippen LogP contribution is 2.30. The number of benzene rings is 1. The van der Waals surface area contributed by atoms with Gasteiger partial charge in [-0.1, -0.05) is 12.8 Å². The minimum atomic E-state index is -3.63. The van der Waals surface area contributed by atoms with Gasteiger partial charge < -0.3 is 10.6 Å². The molecular formula is C18H25BrFN7O3S. The third-order valence-corrected chi connectivity index (χ3v) is 6.48. The van der Waals surface area contributed by atoms with Crippen molar-refractivity contribution in [3.05, 3.63) is 34.2 Å². The summed E-state index contributed by atoms with van der Waals surface area (Å²) in [5.74, 6) is 0.787. The molecule has 170 valence electrons. The van der Waals surface area contributed by atoms with E-state index in [2.05, 4.69) is 41.6 Å². The van der Waals surface area contributed by atoms with Crippen molar-refractivity contribution in [1.29, 1.82) is 5.41 Å². The summed E-state index contributed by atoms with van der Waals surface area (Å²) in [5.41, 5.74) is 0.763. The number of hydrogen-bond donors (Lipinski definition) is 5.